The minimum Gasteiger partial charge on any atom is -1.00 e. The van der Waals surface area contributed by atoms with Gasteiger partial charge in [-0.3, -0.25) is 0 Å². The Hall–Kier alpha value is 1.88. The second-order valence-corrected chi connectivity index (χ2v) is 2.97. The summed E-state index contributed by atoms with van der Waals surface area (Å²) >= 11 is 0. The molecule has 2 aromatic carbocycles. The van der Waals surface area contributed by atoms with E-state index < -0.39 is 0 Å². The molecule has 0 N–H and O–H groups in total. The zero-order valence-electron chi connectivity index (χ0n) is 11.8. The first-order valence-electron chi connectivity index (χ1n) is 4.53. The molecule has 0 radical (unpaired) electrons. The smallest absolute Gasteiger partial charge is 1.00 e. The number of hydrogen-bond acceptors (Lipinski definition) is 0. The normalized spacial score (nSPS) is 5.71. The molecule has 0 amide bonds. The SMILES string of the molecule is [Br-].[Br-].[CH2-]c1ccccc1.[CH2-]c1ccccc1.[Cl-].[Cl-].[Mg+2].[Mg+2].[Zn+2]. The molecule has 0 saturated heterocycles. The van der Waals surface area contributed by atoms with Crippen molar-refractivity contribution < 1.29 is 78.3 Å². The van der Waals surface area contributed by atoms with Crippen molar-refractivity contribution in [3.05, 3.63) is 85.6 Å². The van der Waals surface area contributed by atoms with E-state index in [1.54, 1.807) is 0 Å². The van der Waals surface area contributed by atoms with Gasteiger partial charge in [0.25, 0.3) is 0 Å². The molecule has 104 valence electrons. The van der Waals surface area contributed by atoms with Crippen molar-refractivity contribution in [3.63, 3.8) is 0 Å². The Morgan fingerprint density at radius 1 is 0.524 bits per heavy atom. The van der Waals surface area contributed by atoms with Gasteiger partial charge in [0.1, 0.15) is 0 Å². The number of hydrogen-bond donors (Lipinski definition) is 0. The van der Waals surface area contributed by atoms with Gasteiger partial charge in [-0.2, -0.15) is 49.2 Å². The Bertz CT molecular complexity index is 330. The second kappa shape index (κ2) is 29.8. The van der Waals surface area contributed by atoms with E-state index in [0.29, 0.717) is 0 Å². The van der Waals surface area contributed by atoms with Crippen LogP contribution in [0.15, 0.2) is 60.7 Å². The van der Waals surface area contributed by atoms with Crippen molar-refractivity contribution >= 4 is 46.1 Å². The molecule has 0 aliphatic rings. The van der Waals surface area contributed by atoms with Crippen molar-refractivity contribution in [1.29, 1.82) is 0 Å². The van der Waals surface area contributed by atoms with E-state index in [0.717, 1.165) is 11.1 Å². The van der Waals surface area contributed by atoms with Crippen LogP contribution in [0.3, 0.4) is 0 Å². The van der Waals surface area contributed by atoms with Crippen LogP contribution < -0.4 is 58.8 Å². The van der Waals surface area contributed by atoms with Gasteiger partial charge in [-0.25, -0.2) is 0 Å². The topological polar surface area (TPSA) is 0 Å². The molecule has 0 unspecified atom stereocenters. The zero-order chi connectivity index (χ0) is 10.2. The second-order valence-electron chi connectivity index (χ2n) is 2.97. The molecule has 0 saturated carbocycles. The third-order valence-electron chi connectivity index (χ3n) is 1.69. The molecule has 0 bridgehead atoms. The van der Waals surface area contributed by atoms with Crippen LogP contribution in [-0.2, 0) is 19.5 Å². The van der Waals surface area contributed by atoms with Crippen LogP contribution in [0.1, 0.15) is 11.1 Å². The monoisotopic (exact) mass is 522 g/mol. The predicted octanol–water partition coefficient (Wildman–Crippen LogP) is -9.01. The minimum absolute atomic E-state index is 0. The zero-order valence-corrected chi connectivity index (χ0v) is 22.3. The molecular formula is C14H14Br2Cl2Mg2Zn. The van der Waals surface area contributed by atoms with E-state index in [-0.39, 0.29) is 124 Å². The van der Waals surface area contributed by atoms with Crippen LogP contribution in [-0.4, -0.2) is 46.1 Å². The third kappa shape index (κ3) is 27.0. The fourth-order valence-corrected chi connectivity index (χ4v) is 0.956. The van der Waals surface area contributed by atoms with Crippen LogP contribution in [0.25, 0.3) is 0 Å². The first-order chi connectivity index (χ1) is 6.79. The van der Waals surface area contributed by atoms with E-state index in [2.05, 4.69) is 13.8 Å². The molecule has 0 fully saturated rings. The average molecular weight is 527 g/mol. The summed E-state index contributed by atoms with van der Waals surface area (Å²) in [6.07, 6.45) is 0. The van der Waals surface area contributed by atoms with Gasteiger partial charge in [0.05, 0.1) is 0 Å². The fourth-order valence-electron chi connectivity index (χ4n) is 0.956. The number of benzene rings is 2. The molecule has 2 rings (SSSR count). The van der Waals surface area contributed by atoms with Gasteiger partial charge in [0.2, 0.25) is 0 Å². The van der Waals surface area contributed by atoms with E-state index in [4.69, 9.17) is 0 Å². The molecule has 2 aromatic rings. The average Bonchev–Trinajstić information content (AvgIpc) is 2.21. The Morgan fingerprint density at radius 3 is 0.810 bits per heavy atom. The summed E-state index contributed by atoms with van der Waals surface area (Å²) in [7, 11) is 0. The van der Waals surface area contributed by atoms with Crippen molar-refractivity contribution in [3.8, 4) is 0 Å². The summed E-state index contributed by atoms with van der Waals surface area (Å²) in [5, 5.41) is 0. The van der Waals surface area contributed by atoms with E-state index in [9.17, 15) is 0 Å². The van der Waals surface area contributed by atoms with E-state index in [1.807, 2.05) is 60.7 Å². The maximum atomic E-state index is 3.72. The van der Waals surface area contributed by atoms with Crippen LogP contribution in [0.2, 0.25) is 0 Å². The van der Waals surface area contributed by atoms with Gasteiger partial charge in [-0.05, 0) is 0 Å². The third-order valence-corrected chi connectivity index (χ3v) is 1.69. The molecule has 0 aliphatic carbocycles. The van der Waals surface area contributed by atoms with Gasteiger partial charge >= 0.3 is 65.6 Å². The minimum atomic E-state index is 0. The van der Waals surface area contributed by atoms with Gasteiger partial charge in [-0.1, -0.05) is 12.1 Å². The van der Waals surface area contributed by atoms with Crippen molar-refractivity contribution in [2.45, 2.75) is 0 Å². The number of halogens is 4. The van der Waals surface area contributed by atoms with Crippen molar-refractivity contribution in [2.24, 2.45) is 0 Å². The van der Waals surface area contributed by atoms with Gasteiger partial charge in [0.15, 0.2) is 0 Å². The van der Waals surface area contributed by atoms with Gasteiger partial charge < -0.3 is 58.8 Å². The van der Waals surface area contributed by atoms with E-state index in [1.165, 1.54) is 0 Å². The Labute approximate surface area is 207 Å². The summed E-state index contributed by atoms with van der Waals surface area (Å²) in [6, 6.07) is 19.7. The van der Waals surface area contributed by atoms with Gasteiger partial charge in [0, 0.05) is 0 Å². The van der Waals surface area contributed by atoms with Crippen LogP contribution in [0, 0.1) is 13.8 Å². The molecular weight excluding hydrogens is 513 g/mol. The molecule has 0 aromatic heterocycles. The molecule has 0 spiro atoms. The fraction of sp³-hybridized carbons (Fsp3) is 0. The maximum absolute atomic E-state index is 3.72. The summed E-state index contributed by atoms with van der Waals surface area (Å²) in [5.74, 6) is 0. The standard InChI is InChI=1S/2C7H7.2BrH.2ClH.2Mg.Zn/c2*1-7-5-3-2-4-6-7;;;;;;;/h2*2-6H,1H2;4*1H;;;/q2*-1;;;;;3*+2/p-4. The molecule has 0 aliphatic heterocycles. The van der Waals surface area contributed by atoms with Gasteiger partial charge in [-0.15, -0.1) is 24.3 Å². The summed E-state index contributed by atoms with van der Waals surface area (Å²) in [5.41, 5.74) is 2.14. The number of rotatable bonds is 0. The Balaban J connectivity index is -0.0000000280. The predicted molar refractivity (Wildman–Crippen MR) is 73.3 cm³/mol. The first-order valence-corrected chi connectivity index (χ1v) is 4.53. The molecule has 21 heavy (non-hydrogen) atoms. The largest absolute Gasteiger partial charge is 2.00 e. The van der Waals surface area contributed by atoms with Crippen molar-refractivity contribution in [1.82, 2.24) is 0 Å². The Morgan fingerprint density at radius 2 is 0.714 bits per heavy atom. The Kier molecular flexibility index (Phi) is 61.7. The molecule has 0 atom stereocenters. The quantitative estimate of drug-likeness (QED) is 0.236. The van der Waals surface area contributed by atoms with Crippen LogP contribution in [0.5, 0.6) is 0 Å². The summed E-state index contributed by atoms with van der Waals surface area (Å²) in [4.78, 5) is 0. The van der Waals surface area contributed by atoms with Crippen LogP contribution in [0.4, 0.5) is 0 Å². The molecule has 0 heterocycles. The summed E-state index contributed by atoms with van der Waals surface area (Å²) in [6.45, 7) is 7.44. The molecule has 7 heteroatoms. The molecule has 0 nitrogen and oxygen atoms in total. The maximum Gasteiger partial charge on any atom is 2.00 e. The first kappa shape index (κ1) is 43.4. The summed E-state index contributed by atoms with van der Waals surface area (Å²) < 4.78 is 0. The van der Waals surface area contributed by atoms with Crippen molar-refractivity contribution in [2.75, 3.05) is 0 Å². The van der Waals surface area contributed by atoms with E-state index >= 15 is 0 Å². The van der Waals surface area contributed by atoms with Crippen LogP contribution >= 0.6 is 0 Å².